The van der Waals surface area contributed by atoms with Gasteiger partial charge >= 0.3 is 5.97 Å². The first-order chi connectivity index (χ1) is 8.20. The smallest absolute Gasteiger partial charge is 0.316 e. The van der Waals surface area contributed by atoms with E-state index < -0.39 is 0 Å². The van der Waals surface area contributed by atoms with Gasteiger partial charge in [0.15, 0.2) is 0 Å². The third-order valence-electron chi connectivity index (χ3n) is 4.04. The molecule has 0 radical (unpaired) electrons. The van der Waals surface area contributed by atoms with Crippen LogP contribution in [0.2, 0.25) is 0 Å². The lowest BCUT2D eigenvalue weighted by Crippen LogP contribution is -2.36. The van der Waals surface area contributed by atoms with E-state index in [1.807, 2.05) is 19.1 Å². The van der Waals surface area contributed by atoms with Gasteiger partial charge in [-0.2, -0.15) is 0 Å². The van der Waals surface area contributed by atoms with Gasteiger partial charge in [0.2, 0.25) is 0 Å². The van der Waals surface area contributed by atoms with Crippen LogP contribution in [0.4, 0.5) is 5.69 Å². The van der Waals surface area contributed by atoms with Crippen molar-refractivity contribution in [3.63, 3.8) is 0 Å². The van der Waals surface area contributed by atoms with Crippen LogP contribution < -0.4 is 4.90 Å². The molecular weight excluding hydrogens is 214 g/mol. The zero-order valence-corrected chi connectivity index (χ0v) is 10.3. The zero-order valence-electron chi connectivity index (χ0n) is 10.3. The molecule has 3 nitrogen and oxygen atoms in total. The minimum absolute atomic E-state index is 0.0365. The Balaban J connectivity index is 2.06. The summed E-state index contributed by atoms with van der Waals surface area (Å²) in [6.07, 6.45) is 0.938. The van der Waals surface area contributed by atoms with E-state index in [9.17, 15) is 4.79 Å². The molecule has 0 amide bonds. The van der Waals surface area contributed by atoms with Gasteiger partial charge < -0.3 is 9.64 Å². The summed E-state index contributed by atoms with van der Waals surface area (Å²) < 4.78 is 5.26. The average Bonchev–Trinajstić information content (AvgIpc) is 3.06. The third-order valence-corrected chi connectivity index (χ3v) is 4.04. The highest BCUT2D eigenvalue weighted by atomic mass is 16.5. The van der Waals surface area contributed by atoms with Gasteiger partial charge in [0, 0.05) is 19.3 Å². The van der Waals surface area contributed by atoms with Crippen molar-refractivity contribution in [3.8, 4) is 0 Å². The Morgan fingerprint density at radius 3 is 3.06 bits per heavy atom. The van der Waals surface area contributed by atoms with E-state index >= 15 is 0 Å². The predicted molar refractivity (Wildman–Crippen MR) is 66.1 cm³/mol. The summed E-state index contributed by atoms with van der Waals surface area (Å²) in [5, 5.41) is 0. The third kappa shape index (κ3) is 1.31. The minimum atomic E-state index is -0.334. The number of benzene rings is 1. The number of esters is 1. The van der Waals surface area contributed by atoms with Gasteiger partial charge in [0.05, 0.1) is 12.0 Å². The molecule has 0 aromatic heterocycles. The Bertz CT molecular complexity index is 471. The summed E-state index contributed by atoms with van der Waals surface area (Å²) in [5.74, 6) is 0.395. The lowest BCUT2D eigenvalue weighted by atomic mass is 9.88. The van der Waals surface area contributed by atoms with Gasteiger partial charge in [-0.05, 0) is 30.9 Å². The highest BCUT2D eigenvalue weighted by Gasteiger charge is 2.65. The van der Waals surface area contributed by atoms with E-state index in [1.165, 1.54) is 5.69 Å². The number of hydrogen-bond donors (Lipinski definition) is 0. The standard InChI is InChI=1S/C14H17NO2/c1-3-17-13(16)14-8-10(14)9-15(2)12-7-5-4-6-11(12)14/h4-7,10H,3,8-9H2,1-2H3/t10-,14+/m0/s1. The van der Waals surface area contributed by atoms with Crippen LogP contribution in [-0.4, -0.2) is 26.2 Å². The maximum Gasteiger partial charge on any atom is 0.316 e. The van der Waals surface area contributed by atoms with Gasteiger partial charge in [-0.3, -0.25) is 4.79 Å². The number of anilines is 1. The summed E-state index contributed by atoms with van der Waals surface area (Å²) in [7, 11) is 2.09. The summed E-state index contributed by atoms with van der Waals surface area (Å²) in [4.78, 5) is 14.4. The molecule has 0 bridgehead atoms. The molecule has 0 unspecified atom stereocenters. The number of ether oxygens (including phenoxy) is 1. The first-order valence-electron chi connectivity index (χ1n) is 6.18. The summed E-state index contributed by atoms with van der Waals surface area (Å²) in [6, 6.07) is 8.19. The molecule has 1 saturated carbocycles. The fourth-order valence-corrected chi connectivity index (χ4v) is 3.11. The maximum absolute atomic E-state index is 12.2. The zero-order chi connectivity index (χ0) is 12.0. The van der Waals surface area contributed by atoms with E-state index in [-0.39, 0.29) is 11.4 Å². The van der Waals surface area contributed by atoms with Crippen molar-refractivity contribution < 1.29 is 9.53 Å². The number of nitrogens with zero attached hydrogens (tertiary/aromatic N) is 1. The van der Waals surface area contributed by atoms with Crippen LogP contribution in [-0.2, 0) is 14.9 Å². The highest BCUT2D eigenvalue weighted by molar-refractivity contribution is 5.91. The molecule has 0 spiro atoms. The Hall–Kier alpha value is -1.51. The fourth-order valence-electron chi connectivity index (χ4n) is 3.11. The summed E-state index contributed by atoms with van der Waals surface area (Å²) >= 11 is 0. The monoisotopic (exact) mass is 231 g/mol. The van der Waals surface area contributed by atoms with E-state index in [4.69, 9.17) is 4.74 Å². The normalized spacial score (nSPS) is 29.3. The van der Waals surface area contributed by atoms with Crippen molar-refractivity contribution in [1.82, 2.24) is 0 Å². The summed E-state index contributed by atoms with van der Waals surface area (Å²) in [5.41, 5.74) is 1.99. The van der Waals surface area contributed by atoms with E-state index in [0.717, 1.165) is 18.5 Å². The van der Waals surface area contributed by atoms with E-state index in [2.05, 4.69) is 24.1 Å². The second kappa shape index (κ2) is 3.49. The quantitative estimate of drug-likeness (QED) is 0.729. The number of fused-ring (bicyclic) bond motifs is 3. The van der Waals surface area contributed by atoms with Crippen LogP contribution in [0.3, 0.4) is 0 Å². The van der Waals surface area contributed by atoms with Crippen molar-refractivity contribution in [2.24, 2.45) is 5.92 Å². The topological polar surface area (TPSA) is 29.5 Å². The molecule has 0 N–H and O–H groups in total. The maximum atomic E-state index is 12.2. The average molecular weight is 231 g/mol. The largest absolute Gasteiger partial charge is 0.465 e. The van der Waals surface area contributed by atoms with Crippen molar-refractivity contribution in [2.75, 3.05) is 25.1 Å². The number of rotatable bonds is 2. The number of carbonyl (C=O) groups excluding carboxylic acids is 1. The van der Waals surface area contributed by atoms with Crippen LogP contribution in [0.25, 0.3) is 0 Å². The molecule has 1 aliphatic heterocycles. The Labute approximate surface area is 101 Å². The second-order valence-corrected chi connectivity index (χ2v) is 4.99. The van der Waals surface area contributed by atoms with Gasteiger partial charge in [-0.1, -0.05) is 18.2 Å². The molecule has 1 heterocycles. The van der Waals surface area contributed by atoms with Gasteiger partial charge in [-0.15, -0.1) is 0 Å². The highest BCUT2D eigenvalue weighted by Crippen LogP contribution is 2.60. The van der Waals surface area contributed by atoms with Gasteiger partial charge in [-0.25, -0.2) is 0 Å². The molecule has 3 rings (SSSR count). The molecular formula is C14H17NO2. The van der Waals surface area contributed by atoms with Crippen molar-refractivity contribution in [2.45, 2.75) is 18.8 Å². The summed E-state index contributed by atoms with van der Waals surface area (Å²) in [6.45, 7) is 3.29. The molecule has 2 atom stereocenters. The molecule has 1 aromatic rings. The van der Waals surface area contributed by atoms with Crippen LogP contribution in [0.1, 0.15) is 18.9 Å². The predicted octanol–water partition coefficient (Wildman–Crippen LogP) is 1.96. The van der Waals surface area contributed by atoms with Crippen molar-refractivity contribution in [1.29, 1.82) is 0 Å². The lowest BCUT2D eigenvalue weighted by molar-refractivity contribution is -0.146. The Morgan fingerprint density at radius 2 is 2.29 bits per heavy atom. The molecule has 1 aromatic carbocycles. The molecule has 17 heavy (non-hydrogen) atoms. The second-order valence-electron chi connectivity index (χ2n) is 4.99. The molecule has 0 saturated heterocycles. The van der Waals surface area contributed by atoms with Crippen LogP contribution in [0.5, 0.6) is 0 Å². The van der Waals surface area contributed by atoms with E-state index in [0.29, 0.717) is 12.5 Å². The fraction of sp³-hybridized carbons (Fsp3) is 0.500. The first kappa shape index (κ1) is 10.6. The first-order valence-corrected chi connectivity index (χ1v) is 6.18. The van der Waals surface area contributed by atoms with Crippen LogP contribution in [0.15, 0.2) is 24.3 Å². The lowest BCUT2D eigenvalue weighted by Gasteiger charge is -2.31. The van der Waals surface area contributed by atoms with Crippen molar-refractivity contribution in [3.05, 3.63) is 29.8 Å². The van der Waals surface area contributed by atoms with Crippen LogP contribution in [0, 0.1) is 5.92 Å². The molecule has 3 heteroatoms. The molecule has 1 fully saturated rings. The van der Waals surface area contributed by atoms with E-state index in [1.54, 1.807) is 0 Å². The van der Waals surface area contributed by atoms with Crippen LogP contribution >= 0.6 is 0 Å². The number of para-hydroxylation sites is 1. The van der Waals surface area contributed by atoms with Crippen molar-refractivity contribution >= 4 is 11.7 Å². The Morgan fingerprint density at radius 1 is 1.53 bits per heavy atom. The molecule has 90 valence electrons. The number of hydrogen-bond acceptors (Lipinski definition) is 3. The molecule has 1 aliphatic carbocycles. The number of carbonyl (C=O) groups is 1. The minimum Gasteiger partial charge on any atom is -0.465 e. The SMILES string of the molecule is CCOC(=O)[C@]12C[C@H]1CN(C)c1ccccc12. The molecule has 2 aliphatic rings. The van der Waals surface area contributed by atoms with Gasteiger partial charge in [0.1, 0.15) is 0 Å². The Kier molecular flexibility index (Phi) is 2.18. The van der Waals surface area contributed by atoms with Gasteiger partial charge in [0.25, 0.3) is 0 Å².